The van der Waals surface area contributed by atoms with E-state index in [9.17, 15) is 0 Å². The molecule has 0 rings (SSSR count). The normalized spacial score (nSPS) is 12.6. The van der Waals surface area contributed by atoms with Crippen LogP contribution in [-0.2, 0) is 0 Å². The first-order valence-electron chi connectivity index (χ1n) is 3.02. The van der Waals surface area contributed by atoms with E-state index in [1.807, 2.05) is 13.8 Å². The van der Waals surface area contributed by atoms with E-state index in [0.717, 1.165) is 0 Å². The van der Waals surface area contributed by atoms with Crippen molar-refractivity contribution in [1.82, 2.24) is 0 Å². The SMILES string of the molecule is C=C(C)C=[P+](C)/C=C\C. The quantitative estimate of drug-likeness (QED) is 0.518. The molecule has 0 saturated carbocycles. The lowest BCUT2D eigenvalue weighted by Gasteiger charge is -1.77. The molecule has 0 N–H and O–H groups in total. The van der Waals surface area contributed by atoms with Gasteiger partial charge in [0.15, 0.2) is 0 Å². The Hall–Kier alpha value is -0.350. The van der Waals surface area contributed by atoms with E-state index >= 15 is 0 Å². The highest BCUT2D eigenvalue weighted by atomic mass is 31.1. The average molecular weight is 141 g/mol. The van der Waals surface area contributed by atoms with Gasteiger partial charge in [0.2, 0.25) is 0 Å². The second kappa shape index (κ2) is 4.52. The van der Waals surface area contributed by atoms with Crippen molar-refractivity contribution >= 4 is 13.3 Å². The average Bonchev–Trinajstić information content (AvgIpc) is 1.63. The summed E-state index contributed by atoms with van der Waals surface area (Å²) in [6, 6.07) is 0. The number of rotatable bonds is 2. The Labute approximate surface area is 58.7 Å². The van der Waals surface area contributed by atoms with E-state index in [-0.39, 0.29) is 7.55 Å². The molecule has 0 aromatic carbocycles. The first-order chi connectivity index (χ1) is 4.16. The summed E-state index contributed by atoms with van der Waals surface area (Å²) in [6.45, 7) is 10.1. The molecule has 0 amide bonds. The molecule has 0 aromatic heterocycles. The zero-order valence-electron chi connectivity index (χ0n) is 6.39. The van der Waals surface area contributed by atoms with E-state index in [1.165, 1.54) is 5.57 Å². The molecule has 0 radical (unpaired) electrons. The van der Waals surface area contributed by atoms with Crippen LogP contribution in [0.25, 0.3) is 0 Å². The predicted octanol–water partition coefficient (Wildman–Crippen LogP) is 3.01. The summed E-state index contributed by atoms with van der Waals surface area (Å²) in [7, 11) is -0.0252. The lowest BCUT2D eigenvalue weighted by Crippen LogP contribution is -1.68. The van der Waals surface area contributed by atoms with Gasteiger partial charge >= 0.3 is 0 Å². The highest BCUT2D eigenvalue weighted by Gasteiger charge is 1.91. The Balaban J connectivity index is 4.00. The molecule has 1 heteroatoms. The van der Waals surface area contributed by atoms with Gasteiger partial charge in [-0.25, -0.2) is 0 Å². The van der Waals surface area contributed by atoms with Crippen molar-refractivity contribution in [2.24, 2.45) is 0 Å². The van der Waals surface area contributed by atoms with Gasteiger partial charge in [0.05, 0.1) is 0 Å². The fraction of sp³-hybridized carbons (Fsp3) is 0.375. The second-order valence-corrected chi connectivity index (χ2v) is 4.01. The van der Waals surface area contributed by atoms with Crippen molar-refractivity contribution < 1.29 is 0 Å². The van der Waals surface area contributed by atoms with Gasteiger partial charge in [0.1, 0.15) is 25.8 Å². The van der Waals surface area contributed by atoms with E-state index < -0.39 is 0 Å². The molecule has 0 spiro atoms. The van der Waals surface area contributed by atoms with Crippen molar-refractivity contribution in [3.63, 3.8) is 0 Å². The van der Waals surface area contributed by atoms with E-state index in [0.29, 0.717) is 0 Å². The zero-order chi connectivity index (χ0) is 7.28. The Kier molecular flexibility index (Phi) is 4.35. The summed E-state index contributed by atoms with van der Waals surface area (Å²) in [4.78, 5) is 0. The summed E-state index contributed by atoms with van der Waals surface area (Å²) >= 11 is 0. The summed E-state index contributed by atoms with van der Waals surface area (Å²) in [5.74, 6) is 4.42. The minimum Gasteiger partial charge on any atom is -0.0924 e. The van der Waals surface area contributed by atoms with E-state index in [4.69, 9.17) is 0 Å². The molecular formula is C8H14P+. The number of hydrogen-bond acceptors (Lipinski definition) is 0. The van der Waals surface area contributed by atoms with E-state index in [2.05, 4.69) is 30.9 Å². The summed E-state index contributed by atoms with van der Waals surface area (Å²) in [5.41, 5.74) is 1.17. The molecule has 0 aliphatic carbocycles. The Morgan fingerprint density at radius 2 is 2.11 bits per heavy atom. The zero-order valence-corrected chi connectivity index (χ0v) is 7.28. The highest BCUT2D eigenvalue weighted by Crippen LogP contribution is 2.18. The van der Waals surface area contributed by atoms with Crippen LogP contribution >= 0.6 is 7.55 Å². The molecule has 0 aliphatic rings. The standard InChI is InChI=1S/C8H14P/c1-5-6-9(4)7-8(2)3/h5-7H,2H2,1,3-4H3/q+1/b6-5-. The van der Waals surface area contributed by atoms with Gasteiger partial charge in [0.25, 0.3) is 0 Å². The maximum Gasteiger partial charge on any atom is 0.121 e. The van der Waals surface area contributed by atoms with Gasteiger partial charge in [-0.3, -0.25) is 0 Å². The van der Waals surface area contributed by atoms with Crippen LogP contribution in [0.2, 0.25) is 0 Å². The molecule has 0 aromatic rings. The molecule has 0 saturated heterocycles. The van der Waals surface area contributed by atoms with Gasteiger partial charge in [-0.1, -0.05) is 6.58 Å². The number of hydrogen-bond donors (Lipinski definition) is 0. The van der Waals surface area contributed by atoms with E-state index in [1.54, 1.807) is 0 Å². The molecule has 0 nitrogen and oxygen atoms in total. The third-order valence-electron chi connectivity index (χ3n) is 0.808. The van der Waals surface area contributed by atoms with Gasteiger partial charge in [-0.05, 0) is 25.5 Å². The van der Waals surface area contributed by atoms with Gasteiger partial charge in [0, 0.05) is 0 Å². The Morgan fingerprint density at radius 1 is 1.56 bits per heavy atom. The van der Waals surface area contributed by atoms with Crippen LogP contribution in [0.1, 0.15) is 13.8 Å². The third kappa shape index (κ3) is 5.52. The molecule has 50 valence electrons. The van der Waals surface area contributed by atoms with Crippen molar-refractivity contribution in [1.29, 1.82) is 0 Å². The third-order valence-corrected chi connectivity index (χ3v) is 2.42. The van der Waals surface area contributed by atoms with Crippen molar-refractivity contribution in [2.75, 3.05) is 6.66 Å². The minimum absolute atomic E-state index is 0.0252. The molecule has 0 fully saturated rings. The fourth-order valence-electron chi connectivity index (χ4n) is 0.626. The molecule has 0 bridgehead atoms. The Morgan fingerprint density at radius 3 is 2.44 bits per heavy atom. The highest BCUT2D eigenvalue weighted by molar-refractivity contribution is 7.60. The largest absolute Gasteiger partial charge is 0.121 e. The molecular weight excluding hydrogens is 127 g/mol. The summed E-state index contributed by atoms with van der Waals surface area (Å²) in [6.07, 6.45) is 2.09. The summed E-state index contributed by atoms with van der Waals surface area (Å²) < 4.78 is 0. The molecule has 1 unspecified atom stereocenters. The predicted molar refractivity (Wildman–Crippen MR) is 48.5 cm³/mol. The topological polar surface area (TPSA) is 0 Å². The second-order valence-electron chi connectivity index (χ2n) is 2.12. The maximum absolute atomic E-state index is 3.80. The van der Waals surface area contributed by atoms with Crippen LogP contribution in [0, 0.1) is 0 Å². The first kappa shape index (κ1) is 8.65. The number of allylic oxidation sites excluding steroid dienone is 2. The van der Waals surface area contributed by atoms with Crippen molar-refractivity contribution in [3.8, 4) is 0 Å². The van der Waals surface area contributed by atoms with Crippen molar-refractivity contribution in [2.45, 2.75) is 13.8 Å². The summed E-state index contributed by atoms with van der Waals surface area (Å²) in [5, 5.41) is 0. The first-order valence-corrected chi connectivity index (χ1v) is 4.94. The minimum atomic E-state index is -0.0252. The van der Waals surface area contributed by atoms with Crippen molar-refractivity contribution in [3.05, 3.63) is 24.0 Å². The lowest BCUT2D eigenvalue weighted by molar-refractivity contribution is 1.69. The molecule has 0 heterocycles. The lowest BCUT2D eigenvalue weighted by atomic mass is 10.4. The molecule has 1 atom stereocenters. The van der Waals surface area contributed by atoms with Gasteiger partial charge in [-0.2, -0.15) is 0 Å². The smallest absolute Gasteiger partial charge is 0.0924 e. The Bertz CT molecular complexity index is 152. The van der Waals surface area contributed by atoms with Crippen LogP contribution in [0.15, 0.2) is 24.0 Å². The fourth-order valence-corrected chi connectivity index (χ4v) is 1.88. The van der Waals surface area contributed by atoms with Crippen LogP contribution < -0.4 is 0 Å². The van der Waals surface area contributed by atoms with Gasteiger partial charge in [-0.15, -0.1) is 0 Å². The van der Waals surface area contributed by atoms with Gasteiger partial charge < -0.3 is 0 Å². The van der Waals surface area contributed by atoms with Crippen LogP contribution in [0.5, 0.6) is 0 Å². The molecule has 0 aliphatic heterocycles. The van der Waals surface area contributed by atoms with Crippen LogP contribution in [-0.4, -0.2) is 12.5 Å². The van der Waals surface area contributed by atoms with Crippen LogP contribution in [0.4, 0.5) is 0 Å². The monoisotopic (exact) mass is 141 g/mol. The maximum atomic E-state index is 3.80. The molecule has 9 heavy (non-hydrogen) atoms. The van der Waals surface area contributed by atoms with Crippen LogP contribution in [0.3, 0.4) is 0 Å².